The number of likely N-dealkylation sites (N-methyl/N-ethyl adjacent to an activating group) is 1. The van der Waals surface area contributed by atoms with Gasteiger partial charge in [-0.15, -0.1) is 0 Å². The van der Waals surface area contributed by atoms with Gasteiger partial charge in [-0.3, -0.25) is 9.36 Å². The molecule has 14 heteroatoms. The number of amides is 2. The molecule has 0 saturated carbocycles. The Hall–Kier alpha value is -5.16. The molecular weight excluding hydrogens is 613 g/mol. The van der Waals surface area contributed by atoms with Crippen LogP contribution in [0.3, 0.4) is 0 Å². The number of carbonyl (C=O) groups excluding carboxylic acids is 2. The molecule has 5 rings (SSSR count). The second-order valence-electron chi connectivity index (χ2n) is 13.0. The molecule has 47 heavy (non-hydrogen) atoms. The second kappa shape index (κ2) is 12.2. The maximum atomic E-state index is 14.1. The minimum atomic E-state index is -4.65. The fourth-order valence-electron chi connectivity index (χ4n) is 5.77. The van der Waals surface area contributed by atoms with Crippen LogP contribution in [0.25, 0.3) is 27.6 Å². The highest BCUT2D eigenvalue weighted by Crippen LogP contribution is 2.32. The molecule has 1 N–H and O–H groups in total. The van der Waals surface area contributed by atoms with Crippen LogP contribution in [0, 0.1) is 13.5 Å². The molecule has 0 atom stereocenters. The number of nitrogens with one attached hydrogen (secondary N) is 1. The summed E-state index contributed by atoms with van der Waals surface area (Å²) in [5.41, 5.74) is -0.993. The van der Waals surface area contributed by atoms with Crippen molar-refractivity contribution in [2.75, 3.05) is 40.8 Å². The number of alkyl halides is 3. The zero-order chi connectivity index (χ0) is 34.3. The molecule has 2 amide bonds. The Balaban J connectivity index is 1.57. The first-order valence-corrected chi connectivity index (χ1v) is 15.0. The number of piperidine rings is 1. The van der Waals surface area contributed by atoms with Crippen molar-refractivity contribution in [1.82, 2.24) is 29.1 Å². The maximum absolute atomic E-state index is 14.1. The van der Waals surface area contributed by atoms with Crippen LogP contribution >= 0.6 is 0 Å². The number of hydrogen-bond donors (Lipinski definition) is 1. The lowest BCUT2D eigenvalue weighted by atomic mass is 9.89. The highest BCUT2D eigenvalue weighted by atomic mass is 19.4. The molecule has 1 fully saturated rings. The molecule has 0 bridgehead atoms. The van der Waals surface area contributed by atoms with E-state index in [1.807, 2.05) is 28.1 Å². The highest BCUT2D eigenvalue weighted by molar-refractivity contribution is 5.84. The minimum absolute atomic E-state index is 0.0101. The molecule has 0 radical (unpaired) electrons. The predicted molar refractivity (Wildman–Crippen MR) is 170 cm³/mol. The third-order valence-electron chi connectivity index (χ3n) is 8.27. The van der Waals surface area contributed by atoms with Gasteiger partial charge in [-0.1, -0.05) is 18.2 Å². The van der Waals surface area contributed by atoms with E-state index in [0.29, 0.717) is 54.0 Å². The summed E-state index contributed by atoms with van der Waals surface area (Å²) in [6.45, 7) is 11.8. The average Bonchev–Trinajstić information content (AvgIpc) is 3.57. The summed E-state index contributed by atoms with van der Waals surface area (Å²) in [6, 6.07) is 11.7. The van der Waals surface area contributed by atoms with Gasteiger partial charge in [-0.25, -0.2) is 23.7 Å². The molecule has 4 aromatic rings. The first kappa shape index (κ1) is 33.2. The number of aromatic nitrogens is 4. The van der Waals surface area contributed by atoms with E-state index >= 15 is 0 Å². The lowest BCUT2D eigenvalue weighted by molar-refractivity contribution is -0.862. The zero-order valence-corrected chi connectivity index (χ0v) is 26.8. The van der Waals surface area contributed by atoms with Gasteiger partial charge in [0.15, 0.2) is 12.2 Å². The largest absolute Gasteiger partial charge is 0.416 e. The van der Waals surface area contributed by atoms with Crippen molar-refractivity contribution in [3.05, 3.63) is 94.0 Å². The van der Waals surface area contributed by atoms with Crippen molar-refractivity contribution < 1.29 is 27.2 Å². The molecule has 1 aliphatic rings. The number of quaternary nitrogens is 1. The summed E-state index contributed by atoms with van der Waals surface area (Å²) >= 11 is 0. The van der Waals surface area contributed by atoms with Crippen LogP contribution in [-0.2, 0) is 11.0 Å². The monoisotopic (exact) mass is 649 g/mol. The van der Waals surface area contributed by atoms with Crippen molar-refractivity contribution in [2.24, 2.45) is 0 Å². The summed E-state index contributed by atoms with van der Waals surface area (Å²) in [7, 11) is 5.80. The summed E-state index contributed by atoms with van der Waals surface area (Å²) < 4.78 is 45.0. The van der Waals surface area contributed by atoms with Gasteiger partial charge < -0.3 is 14.7 Å². The van der Waals surface area contributed by atoms with E-state index in [-0.39, 0.29) is 23.0 Å². The average molecular weight is 650 g/mol. The summed E-state index contributed by atoms with van der Waals surface area (Å²) in [5.74, 6) is 0.0101. The van der Waals surface area contributed by atoms with Gasteiger partial charge in [0.05, 0.1) is 62.2 Å². The first-order valence-electron chi connectivity index (χ1n) is 15.0. The van der Waals surface area contributed by atoms with Gasteiger partial charge in [-0.05, 0) is 63.1 Å². The second-order valence-corrected chi connectivity index (χ2v) is 13.0. The molecule has 246 valence electrons. The van der Waals surface area contributed by atoms with E-state index in [2.05, 4.69) is 15.3 Å². The highest BCUT2D eigenvalue weighted by Gasteiger charge is 2.37. The number of nitrogens with zero attached hydrogens (tertiary/aromatic N) is 7. The van der Waals surface area contributed by atoms with Crippen LogP contribution in [0.1, 0.15) is 31.0 Å². The van der Waals surface area contributed by atoms with Gasteiger partial charge in [-0.2, -0.15) is 18.3 Å². The fraction of sp³-hybridized carbons (Fsp3) is 0.364. The number of rotatable bonds is 6. The molecule has 3 heterocycles. The molecule has 1 saturated heterocycles. The Morgan fingerprint density at radius 3 is 2.30 bits per heavy atom. The van der Waals surface area contributed by atoms with Crippen molar-refractivity contribution in [3.8, 4) is 22.8 Å². The Morgan fingerprint density at radius 2 is 1.70 bits per heavy atom. The number of halogens is 3. The number of likely N-dealkylation sites (tertiary alicyclic amines) is 1. The molecular formula is C33H36F3N8O3+. The van der Waals surface area contributed by atoms with Crippen molar-refractivity contribution in [3.63, 3.8) is 0 Å². The fourth-order valence-corrected chi connectivity index (χ4v) is 5.77. The van der Waals surface area contributed by atoms with Gasteiger partial charge in [0.2, 0.25) is 0 Å². The van der Waals surface area contributed by atoms with E-state index < -0.39 is 29.0 Å². The van der Waals surface area contributed by atoms with E-state index in [1.165, 1.54) is 23.0 Å². The molecule has 2 aromatic carbocycles. The molecule has 1 aliphatic heterocycles. The third-order valence-corrected chi connectivity index (χ3v) is 8.27. The Labute approximate surface area is 269 Å². The van der Waals surface area contributed by atoms with Crippen LogP contribution < -0.4 is 11.0 Å². The predicted octanol–water partition coefficient (Wildman–Crippen LogP) is 5.01. The van der Waals surface area contributed by atoms with E-state index in [1.54, 1.807) is 42.2 Å². The van der Waals surface area contributed by atoms with Crippen LogP contribution in [0.4, 0.5) is 23.7 Å². The molecule has 0 spiro atoms. The van der Waals surface area contributed by atoms with Gasteiger partial charge in [0.1, 0.15) is 5.69 Å². The topological polar surface area (TPSA) is 98.5 Å². The number of benzene rings is 2. The van der Waals surface area contributed by atoms with E-state index in [0.717, 1.165) is 21.3 Å². The lowest BCUT2D eigenvalue weighted by Crippen LogP contribution is -2.57. The SMILES string of the molecule is [C-]#[N+]c1ccc(-n2nccc2-c2c(C)n(-c3cccc(C(F)(F)F)c3)c(=O)n2C(=O)NC2(C)CCN(C(=O)C[N+](C)(C)C)CC2)cc1. The molecule has 11 nitrogen and oxygen atoms in total. The van der Waals surface area contributed by atoms with Gasteiger partial charge >= 0.3 is 17.9 Å². The minimum Gasteiger partial charge on any atom is -0.338 e. The van der Waals surface area contributed by atoms with Crippen LogP contribution in [0.15, 0.2) is 65.6 Å². The van der Waals surface area contributed by atoms with E-state index in [4.69, 9.17) is 6.57 Å². The number of hydrogen-bond acceptors (Lipinski definition) is 4. The van der Waals surface area contributed by atoms with E-state index in [9.17, 15) is 27.6 Å². The summed E-state index contributed by atoms with van der Waals surface area (Å²) in [6.07, 6.45) is -2.30. The first-order chi connectivity index (χ1) is 22.0. The van der Waals surface area contributed by atoms with Crippen LogP contribution in [0.2, 0.25) is 0 Å². The molecule has 0 unspecified atom stereocenters. The van der Waals surface area contributed by atoms with Gasteiger partial charge in [0, 0.05) is 18.6 Å². The van der Waals surface area contributed by atoms with Gasteiger partial charge in [0.25, 0.3) is 5.91 Å². The summed E-state index contributed by atoms with van der Waals surface area (Å²) in [5, 5.41) is 7.38. The third kappa shape index (κ3) is 6.85. The number of carbonyl (C=O) groups is 2. The Bertz CT molecular complexity index is 1920. The van der Waals surface area contributed by atoms with Crippen molar-refractivity contribution >= 4 is 17.6 Å². The Kier molecular flexibility index (Phi) is 8.63. The Morgan fingerprint density at radius 1 is 1.04 bits per heavy atom. The van der Waals surface area contributed by atoms with Crippen LogP contribution in [-0.4, -0.2) is 86.6 Å². The normalized spacial score (nSPS) is 14.9. The lowest BCUT2D eigenvalue weighted by Gasteiger charge is -2.40. The quantitative estimate of drug-likeness (QED) is 0.235. The zero-order valence-electron chi connectivity index (χ0n) is 26.8. The maximum Gasteiger partial charge on any atom is 0.416 e. The van der Waals surface area contributed by atoms with Crippen molar-refractivity contribution in [1.29, 1.82) is 0 Å². The number of imidazole rings is 1. The molecule has 2 aromatic heterocycles. The molecule has 0 aliphatic carbocycles. The van der Waals surface area contributed by atoms with Crippen LogP contribution in [0.5, 0.6) is 0 Å². The summed E-state index contributed by atoms with van der Waals surface area (Å²) in [4.78, 5) is 46.2. The standard InChI is InChI=1S/C33H35F3N8O3/c1-22-29(27-14-17-38-43(27)25-12-10-24(37-3)11-13-25)42(31(47)41(22)26-9-7-8-23(20-26)33(34,35)36)30(46)39-32(2)15-18-40(19-16-32)28(45)21-44(4,5)6/h7-14,17,20H,15-16,18-19,21H2,1-2,4-6H3/p+1. The smallest absolute Gasteiger partial charge is 0.338 e. The van der Waals surface area contributed by atoms with Crippen molar-refractivity contribution in [2.45, 2.75) is 38.4 Å².